The van der Waals surface area contributed by atoms with E-state index in [4.69, 9.17) is 11.6 Å². The minimum atomic E-state index is -6.14. The number of halogens is 11. The van der Waals surface area contributed by atoms with Crippen LogP contribution in [0, 0.1) is 11.7 Å². The molecule has 39 heavy (non-hydrogen) atoms. The van der Waals surface area contributed by atoms with Crippen LogP contribution in [-0.4, -0.2) is 64.3 Å². The summed E-state index contributed by atoms with van der Waals surface area (Å²) >= 11 is 5.89. The van der Waals surface area contributed by atoms with Gasteiger partial charge in [0.15, 0.2) is 12.1 Å². The molecule has 2 aromatic rings. The SMILES string of the molecule is CN1N=C(OC(F)(F)C(F)C(F)(F)F)C(C(F)(F)F)C1n1cc(-c2cc(F)c(Cl)c(C(=O)NC3CC3)c2)cn1. The van der Waals surface area contributed by atoms with Gasteiger partial charge in [0.05, 0.1) is 16.8 Å². The van der Waals surface area contributed by atoms with Crippen LogP contribution in [0.25, 0.3) is 11.1 Å². The van der Waals surface area contributed by atoms with E-state index < -0.39 is 59.4 Å². The van der Waals surface area contributed by atoms with Gasteiger partial charge >= 0.3 is 18.5 Å². The standard InChI is InChI=1S/C21H16ClF10N5O2/c1-36-17(13(19(25,26)27)16(35-36)39-21(31,32)18(24)20(28,29)30)37-7-9(6-33-37)8-4-11(14(22)12(23)5-8)15(38)34-10-2-3-10/h4-7,10,13,17-18H,2-3H2,1H3,(H,34,38). The summed E-state index contributed by atoms with van der Waals surface area (Å²) in [5.41, 5.74) is -0.340. The molecule has 1 N–H and O–H groups in total. The molecule has 4 rings (SSSR count). The molecule has 3 atom stereocenters. The lowest BCUT2D eigenvalue weighted by Crippen LogP contribution is -2.47. The van der Waals surface area contributed by atoms with Crippen molar-refractivity contribution >= 4 is 23.4 Å². The van der Waals surface area contributed by atoms with E-state index in [0.717, 1.165) is 44.4 Å². The van der Waals surface area contributed by atoms with Crippen molar-refractivity contribution in [3.8, 4) is 11.1 Å². The highest BCUT2D eigenvalue weighted by Gasteiger charge is 2.63. The Morgan fingerprint density at radius 1 is 1.13 bits per heavy atom. The first-order valence-corrected chi connectivity index (χ1v) is 11.3. The molecule has 3 unspecified atom stereocenters. The Hall–Kier alpha value is -3.24. The molecule has 1 saturated carbocycles. The molecule has 0 spiro atoms. The van der Waals surface area contributed by atoms with E-state index in [2.05, 4.69) is 20.3 Å². The number of rotatable bonds is 6. The summed E-state index contributed by atoms with van der Waals surface area (Å²) in [6.07, 6.45) is -21.0. The van der Waals surface area contributed by atoms with Crippen LogP contribution in [0.2, 0.25) is 5.02 Å². The van der Waals surface area contributed by atoms with Crippen molar-refractivity contribution in [2.75, 3.05) is 7.05 Å². The van der Waals surface area contributed by atoms with E-state index in [1.165, 1.54) is 0 Å². The van der Waals surface area contributed by atoms with Crippen LogP contribution in [0.3, 0.4) is 0 Å². The second kappa shape index (κ2) is 9.75. The number of amides is 1. The number of carbonyl (C=O) groups is 1. The van der Waals surface area contributed by atoms with Crippen molar-refractivity contribution in [3.05, 3.63) is 40.9 Å². The predicted molar refractivity (Wildman–Crippen MR) is 114 cm³/mol. The van der Waals surface area contributed by atoms with E-state index in [-0.39, 0.29) is 22.7 Å². The van der Waals surface area contributed by atoms with Crippen molar-refractivity contribution in [1.29, 1.82) is 0 Å². The maximum absolute atomic E-state index is 14.5. The second-order valence-electron chi connectivity index (χ2n) is 8.79. The van der Waals surface area contributed by atoms with E-state index in [1.807, 2.05) is 0 Å². The molecule has 0 saturated heterocycles. The normalized spacial score (nSPS) is 21.1. The van der Waals surface area contributed by atoms with Gasteiger partial charge in [-0.2, -0.15) is 40.2 Å². The van der Waals surface area contributed by atoms with Crippen LogP contribution in [0.5, 0.6) is 0 Å². The first-order chi connectivity index (χ1) is 17.9. The largest absolute Gasteiger partial charge is 0.440 e. The molecule has 1 aromatic carbocycles. The maximum atomic E-state index is 14.5. The number of carbonyl (C=O) groups excluding carboxylic acids is 1. The molecule has 18 heteroatoms. The Bertz CT molecular complexity index is 1290. The van der Waals surface area contributed by atoms with E-state index in [9.17, 15) is 48.7 Å². The molecule has 214 valence electrons. The summed E-state index contributed by atoms with van der Waals surface area (Å²) in [5.74, 6) is -6.76. The van der Waals surface area contributed by atoms with Gasteiger partial charge in [-0.15, -0.1) is 5.10 Å². The first kappa shape index (κ1) is 28.8. The number of hydrogen-bond acceptors (Lipinski definition) is 5. The van der Waals surface area contributed by atoms with Crippen molar-refractivity contribution in [3.63, 3.8) is 0 Å². The fourth-order valence-electron chi connectivity index (χ4n) is 3.76. The van der Waals surface area contributed by atoms with Crippen LogP contribution in [0.15, 0.2) is 29.6 Å². The van der Waals surface area contributed by atoms with Crippen molar-refractivity contribution in [2.24, 2.45) is 11.0 Å². The maximum Gasteiger partial charge on any atom is 0.440 e. The van der Waals surface area contributed by atoms with Crippen molar-refractivity contribution in [1.82, 2.24) is 20.1 Å². The lowest BCUT2D eigenvalue weighted by Gasteiger charge is -2.28. The average molecular weight is 596 g/mol. The molecule has 2 heterocycles. The molecule has 1 fully saturated rings. The number of hydrazone groups is 1. The Morgan fingerprint density at radius 2 is 1.77 bits per heavy atom. The number of nitrogens with zero attached hydrogens (tertiary/aromatic N) is 4. The molecule has 2 aliphatic rings. The second-order valence-corrected chi connectivity index (χ2v) is 9.17. The quantitative estimate of drug-likeness (QED) is 0.436. The van der Waals surface area contributed by atoms with Crippen molar-refractivity contribution < 1.29 is 53.4 Å². The average Bonchev–Trinajstić information content (AvgIpc) is 3.36. The zero-order valence-electron chi connectivity index (χ0n) is 19.3. The van der Waals surface area contributed by atoms with Gasteiger partial charge < -0.3 is 10.1 Å². The van der Waals surface area contributed by atoms with E-state index in [1.54, 1.807) is 0 Å². The summed E-state index contributed by atoms with van der Waals surface area (Å²) in [4.78, 5) is 12.4. The van der Waals surface area contributed by atoms with Gasteiger partial charge in [0.1, 0.15) is 5.82 Å². The lowest BCUT2D eigenvalue weighted by atomic mass is 10.0. The summed E-state index contributed by atoms with van der Waals surface area (Å²) in [5, 5.41) is 9.39. The fourth-order valence-corrected chi connectivity index (χ4v) is 3.96. The Labute approximate surface area is 217 Å². The van der Waals surface area contributed by atoms with Gasteiger partial charge in [0.25, 0.3) is 12.1 Å². The van der Waals surface area contributed by atoms with Crippen molar-refractivity contribution in [2.45, 2.75) is 49.7 Å². The van der Waals surface area contributed by atoms with Crippen LogP contribution in [-0.2, 0) is 4.74 Å². The molecule has 1 amide bonds. The minimum absolute atomic E-state index is 0.0392. The Morgan fingerprint density at radius 3 is 2.33 bits per heavy atom. The molecule has 0 bridgehead atoms. The number of benzene rings is 1. The first-order valence-electron chi connectivity index (χ1n) is 10.9. The number of hydrogen-bond donors (Lipinski definition) is 1. The third-order valence-electron chi connectivity index (χ3n) is 5.77. The zero-order valence-corrected chi connectivity index (χ0v) is 20.1. The molecule has 7 nitrogen and oxygen atoms in total. The zero-order chi connectivity index (χ0) is 29.1. The highest BCUT2D eigenvalue weighted by atomic mass is 35.5. The number of alkyl halides is 9. The Kier molecular flexibility index (Phi) is 7.19. The van der Waals surface area contributed by atoms with Gasteiger partial charge in [0, 0.05) is 24.8 Å². The number of nitrogens with one attached hydrogen (secondary N) is 1. The summed E-state index contributed by atoms with van der Waals surface area (Å²) < 4.78 is 138. The topological polar surface area (TPSA) is 71.8 Å². The highest BCUT2D eigenvalue weighted by Crippen LogP contribution is 2.45. The van der Waals surface area contributed by atoms with Crippen LogP contribution < -0.4 is 5.32 Å². The molecule has 0 radical (unpaired) electrons. The third-order valence-corrected chi connectivity index (χ3v) is 6.15. The van der Waals surface area contributed by atoms with Crippen LogP contribution in [0.4, 0.5) is 43.9 Å². The summed E-state index contributed by atoms with van der Waals surface area (Å²) in [7, 11) is 0.859. The monoisotopic (exact) mass is 595 g/mol. The van der Waals surface area contributed by atoms with Crippen LogP contribution >= 0.6 is 11.6 Å². The fraction of sp³-hybridized carbons (Fsp3) is 0.476. The van der Waals surface area contributed by atoms with E-state index >= 15 is 0 Å². The molecular formula is C21H16ClF10N5O2. The number of aromatic nitrogens is 2. The van der Waals surface area contributed by atoms with Gasteiger partial charge in [-0.3, -0.25) is 9.80 Å². The minimum Gasteiger partial charge on any atom is -0.414 e. The molecular weight excluding hydrogens is 580 g/mol. The van der Waals surface area contributed by atoms with Gasteiger partial charge in [-0.05, 0) is 30.5 Å². The lowest BCUT2D eigenvalue weighted by molar-refractivity contribution is -0.312. The van der Waals surface area contributed by atoms with Gasteiger partial charge in [0.2, 0.25) is 5.90 Å². The van der Waals surface area contributed by atoms with E-state index in [0.29, 0.717) is 9.69 Å². The van der Waals surface area contributed by atoms with Gasteiger partial charge in [-0.1, -0.05) is 11.6 Å². The van der Waals surface area contributed by atoms with Crippen LogP contribution in [0.1, 0.15) is 29.4 Å². The molecule has 1 aliphatic heterocycles. The summed E-state index contributed by atoms with van der Waals surface area (Å²) in [6.45, 7) is 0. The Balaban J connectivity index is 1.65. The number of ether oxygens (including phenoxy) is 1. The van der Waals surface area contributed by atoms with Gasteiger partial charge in [-0.25, -0.2) is 13.5 Å². The third kappa shape index (κ3) is 5.86. The smallest absolute Gasteiger partial charge is 0.414 e. The molecule has 1 aliphatic carbocycles. The summed E-state index contributed by atoms with van der Waals surface area (Å²) in [6, 6.07) is 1.93. The highest BCUT2D eigenvalue weighted by molar-refractivity contribution is 6.34. The molecule has 1 aromatic heterocycles. The predicted octanol–water partition coefficient (Wildman–Crippen LogP) is 5.68.